The molecule has 2 N–H and O–H groups in total. The van der Waals surface area contributed by atoms with Crippen molar-refractivity contribution in [3.05, 3.63) is 65.9 Å². The first kappa shape index (κ1) is 13.2. The number of nitrogens with zero attached hydrogens (tertiary/aromatic N) is 1. The van der Waals surface area contributed by atoms with Crippen LogP contribution in [0.3, 0.4) is 0 Å². The number of nitrogens with one attached hydrogen (secondary N) is 2. The molecular formula is C16H15N3O2. The minimum Gasteiger partial charge on any atom is -0.459 e. The molecule has 21 heavy (non-hydrogen) atoms. The van der Waals surface area contributed by atoms with Crippen LogP contribution in [0.5, 0.6) is 0 Å². The summed E-state index contributed by atoms with van der Waals surface area (Å²) in [5.41, 5.74) is 3.64. The van der Waals surface area contributed by atoms with Gasteiger partial charge in [0.05, 0.1) is 12.5 Å². The van der Waals surface area contributed by atoms with E-state index in [1.54, 1.807) is 12.3 Å². The van der Waals surface area contributed by atoms with E-state index in [2.05, 4.69) is 15.5 Å². The van der Waals surface area contributed by atoms with Crippen molar-refractivity contribution in [2.75, 3.05) is 0 Å². The lowest BCUT2D eigenvalue weighted by atomic mass is 10.1. The van der Waals surface area contributed by atoms with Gasteiger partial charge in [-0.2, -0.15) is 5.10 Å². The zero-order valence-corrected chi connectivity index (χ0v) is 11.6. The van der Waals surface area contributed by atoms with Gasteiger partial charge in [0.2, 0.25) is 0 Å². The summed E-state index contributed by atoms with van der Waals surface area (Å²) in [6, 6.07) is 11.5. The fourth-order valence-corrected chi connectivity index (χ4v) is 2.14. The van der Waals surface area contributed by atoms with E-state index in [1.807, 2.05) is 37.3 Å². The Morgan fingerprint density at radius 2 is 2.10 bits per heavy atom. The molecule has 3 aromatic rings. The lowest BCUT2D eigenvalue weighted by Crippen LogP contribution is -2.23. The summed E-state index contributed by atoms with van der Waals surface area (Å²) in [7, 11) is 0. The third-order valence-corrected chi connectivity index (χ3v) is 3.33. The number of aromatic nitrogens is 2. The molecular weight excluding hydrogens is 266 g/mol. The molecule has 106 valence electrons. The van der Waals surface area contributed by atoms with Gasteiger partial charge in [-0.3, -0.25) is 9.89 Å². The zero-order valence-electron chi connectivity index (χ0n) is 11.6. The van der Waals surface area contributed by atoms with E-state index in [1.165, 1.54) is 6.26 Å². The van der Waals surface area contributed by atoms with Gasteiger partial charge in [-0.25, -0.2) is 0 Å². The molecule has 1 aromatic carbocycles. The molecule has 0 saturated heterocycles. The second kappa shape index (κ2) is 5.66. The van der Waals surface area contributed by atoms with Crippen LogP contribution in [-0.2, 0) is 6.54 Å². The quantitative estimate of drug-likeness (QED) is 0.772. The van der Waals surface area contributed by atoms with Gasteiger partial charge in [0.1, 0.15) is 0 Å². The molecule has 0 unspecified atom stereocenters. The highest BCUT2D eigenvalue weighted by molar-refractivity contribution is 5.98. The summed E-state index contributed by atoms with van der Waals surface area (Å²) in [6.07, 6.45) is 3.23. The Labute approximate surface area is 122 Å². The smallest absolute Gasteiger partial charge is 0.287 e. The molecule has 0 saturated carbocycles. The number of carbonyl (C=O) groups is 1. The van der Waals surface area contributed by atoms with Gasteiger partial charge in [-0.1, -0.05) is 30.3 Å². The molecule has 0 fully saturated rings. The first-order valence-corrected chi connectivity index (χ1v) is 6.65. The van der Waals surface area contributed by atoms with E-state index in [9.17, 15) is 4.79 Å². The average molecular weight is 281 g/mol. The Balaban J connectivity index is 1.77. The fourth-order valence-electron chi connectivity index (χ4n) is 2.14. The standard InChI is InChI=1S/C16H15N3O2/c1-11-13(10-18-19-11)9-17-16(20)15-14(7-8-21-15)12-5-3-2-4-6-12/h2-8,10H,9H2,1H3,(H,17,20)(H,18,19). The predicted molar refractivity (Wildman–Crippen MR) is 78.6 cm³/mol. The van der Waals surface area contributed by atoms with E-state index >= 15 is 0 Å². The topological polar surface area (TPSA) is 70.9 Å². The van der Waals surface area contributed by atoms with Crippen LogP contribution in [0.4, 0.5) is 0 Å². The number of hydrogen-bond acceptors (Lipinski definition) is 3. The summed E-state index contributed by atoms with van der Waals surface area (Å²) in [4.78, 5) is 12.3. The van der Waals surface area contributed by atoms with E-state index < -0.39 is 0 Å². The van der Waals surface area contributed by atoms with Crippen molar-refractivity contribution >= 4 is 5.91 Å². The number of furan rings is 1. The number of aromatic amines is 1. The van der Waals surface area contributed by atoms with E-state index in [-0.39, 0.29) is 5.91 Å². The lowest BCUT2D eigenvalue weighted by molar-refractivity contribution is 0.0924. The maximum absolute atomic E-state index is 12.3. The predicted octanol–water partition coefficient (Wildman–Crippen LogP) is 2.91. The summed E-state index contributed by atoms with van der Waals surface area (Å²) in [5, 5.41) is 9.61. The molecule has 5 nitrogen and oxygen atoms in total. The third-order valence-electron chi connectivity index (χ3n) is 3.33. The van der Waals surface area contributed by atoms with Gasteiger partial charge in [0.25, 0.3) is 5.91 Å². The van der Waals surface area contributed by atoms with Gasteiger partial charge in [0.15, 0.2) is 5.76 Å². The van der Waals surface area contributed by atoms with Crippen LogP contribution in [-0.4, -0.2) is 16.1 Å². The number of carbonyl (C=O) groups excluding carboxylic acids is 1. The molecule has 0 radical (unpaired) electrons. The zero-order chi connectivity index (χ0) is 14.7. The number of amides is 1. The number of aryl methyl sites for hydroxylation is 1. The van der Waals surface area contributed by atoms with Crippen molar-refractivity contribution in [2.45, 2.75) is 13.5 Å². The normalized spacial score (nSPS) is 10.5. The van der Waals surface area contributed by atoms with Crippen molar-refractivity contribution < 1.29 is 9.21 Å². The molecule has 0 bridgehead atoms. The monoisotopic (exact) mass is 281 g/mol. The lowest BCUT2D eigenvalue weighted by Gasteiger charge is -2.05. The fraction of sp³-hybridized carbons (Fsp3) is 0.125. The Morgan fingerprint density at radius 3 is 2.81 bits per heavy atom. The van der Waals surface area contributed by atoms with Crippen LogP contribution in [0.2, 0.25) is 0 Å². The van der Waals surface area contributed by atoms with Gasteiger partial charge in [-0.15, -0.1) is 0 Å². The van der Waals surface area contributed by atoms with Crippen molar-refractivity contribution in [1.82, 2.24) is 15.5 Å². The van der Waals surface area contributed by atoms with Crippen LogP contribution in [0, 0.1) is 6.92 Å². The maximum atomic E-state index is 12.3. The molecule has 5 heteroatoms. The summed E-state index contributed by atoms with van der Waals surface area (Å²) in [5.74, 6) is 0.0850. The average Bonchev–Trinajstić information content (AvgIpc) is 3.15. The van der Waals surface area contributed by atoms with Crippen LogP contribution >= 0.6 is 0 Å². The van der Waals surface area contributed by atoms with E-state index in [4.69, 9.17) is 4.42 Å². The second-order valence-electron chi connectivity index (χ2n) is 4.73. The molecule has 0 aliphatic carbocycles. The molecule has 2 heterocycles. The van der Waals surface area contributed by atoms with E-state index in [0.717, 1.165) is 22.4 Å². The van der Waals surface area contributed by atoms with Crippen molar-refractivity contribution in [3.63, 3.8) is 0 Å². The largest absolute Gasteiger partial charge is 0.459 e. The Kier molecular flexibility index (Phi) is 3.55. The number of hydrogen-bond donors (Lipinski definition) is 2. The molecule has 0 aliphatic heterocycles. The van der Waals surface area contributed by atoms with Crippen LogP contribution in [0.15, 0.2) is 53.3 Å². The van der Waals surface area contributed by atoms with Gasteiger partial charge >= 0.3 is 0 Å². The van der Waals surface area contributed by atoms with Crippen LogP contribution < -0.4 is 5.32 Å². The molecule has 0 atom stereocenters. The third kappa shape index (κ3) is 2.72. The summed E-state index contributed by atoms with van der Waals surface area (Å²) in [6.45, 7) is 2.33. The Bertz CT molecular complexity index is 744. The first-order chi connectivity index (χ1) is 10.3. The van der Waals surface area contributed by atoms with Gasteiger partial charge in [-0.05, 0) is 18.6 Å². The van der Waals surface area contributed by atoms with Gasteiger partial charge < -0.3 is 9.73 Å². The summed E-state index contributed by atoms with van der Waals surface area (Å²) < 4.78 is 5.35. The van der Waals surface area contributed by atoms with Crippen molar-refractivity contribution in [3.8, 4) is 11.1 Å². The Hall–Kier alpha value is -2.82. The minimum atomic E-state index is -0.237. The van der Waals surface area contributed by atoms with E-state index in [0.29, 0.717) is 12.3 Å². The van der Waals surface area contributed by atoms with Crippen molar-refractivity contribution in [2.24, 2.45) is 0 Å². The number of benzene rings is 1. The second-order valence-corrected chi connectivity index (χ2v) is 4.73. The minimum absolute atomic E-state index is 0.237. The van der Waals surface area contributed by atoms with Crippen LogP contribution in [0.25, 0.3) is 11.1 Å². The molecule has 3 rings (SSSR count). The highest BCUT2D eigenvalue weighted by atomic mass is 16.3. The van der Waals surface area contributed by atoms with Crippen molar-refractivity contribution in [1.29, 1.82) is 0 Å². The molecule has 0 spiro atoms. The first-order valence-electron chi connectivity index (χ1n) is 6.65. The summed E-state index contributed by atoms with van der Waals surface area (Å²) >= 11 is 0. The highest BCUT2D eigenvalue weighted by Crippen LogP contribution is 2.24. The highest BCUT2D eigenvalue weighted by Gasteiger charge is 2.16. The molecule has 2 aromatic heterocycles. The number of H-pyrrole nitrogens is 1. The maximum Gasteiger partial charge on any atom is 0.287 e. The van der Waals surface area contributed by atoms with Gasteiger partial charge in [0, 0.05) is 23.4 Å². The van der Waals surface area contributed by atoms with Crippen LogP contribution in [0.1, 0.15) is 21.8 Å². The molecule has 0 aliphatic rings. The Morgan fingerprint density at radius 1 is 1.29 bits per heavy atom. The number of rotatable bonds is 4. The SMILES string of the molecule is Cc1[nH]ncc1CNC(=O)c1occc1-c1ccccc1. The molecule has 1 amide bonds.